The van der Waals surface area contributed by atoms with Gasteiger partial charge in [-0.05, 0) is 38.8 Å². The fourth-order valence-electron chi connectivity index (χ4n) is 2.45. The quantitative estimate of drug-likeness (QED) is 0.803. The lowest BCUT2D eigenvalue weighted by atomic mass is 9.99. The Kier molecular flexibility index (Phi) is 5.45. The van der Waals surface area contributed by atoms with E-state index in [1.165, 1.54) is 6.20 Å². The summed E-state index contributed by atoms with van der Waals surface area (Å²) in [6, 6.07) is 3.65. The van der Waals surface area contributed by atoms with Crippen molar-refractivity contribution in [1.29, 1.82) is 0 Å². The smallest absolute Gasteiger partial charge is 0.251 e. The predicted molar refractivity (Wildman–Crippen MR) is 89.7 cm³/mol. The highest BCUT2D eigenvalue weighted by Crippen LogP contribution is 2.23. The summed E-state index contributed by atoms with van der Waals surface area (Å²) in [6.07, 6.45) is 4.09. The molecule has 23 heavy (non-hydrogen) atoms. The van der Waals surface area contributed by atoms with Crippen LogP contribution in [0.1, 0.15) is 48.3 Å². The van der Waals surface area contributed by atoms with Gasteiger partial charge >= 0.3 is 0 Å². The fourth-order valence-corrected chi connectivity index (χ4v) is 2.45. The van der Waals surface area contributed by atoms with Crippen LogP contribution in [0.3, 0.4) is 0 Å². The van der Waals surface area contributed by atoms with Crippen molar-refractivity contribution in [2.75, 3.05) is 0 Å². The van der Waals surface area contributed by atoms with Crippen LogP contribution in [-0.2, 0) is 6.42 Å². The minimum atomic E-state index is -0.497. The molecule has 5 heteroatoms. The number of rotatable bonds is 6. The summed E-state index contributed by atoms with van der Waals surface area (Å²) in [5, 5.41) is 9.30. The number of aryl methyl sites for hydroxylation is 2. The van der Waals surface area contributed by atoms with Crippen molar-refractivity contribution >= 4 is 5.78 Å². The van der Waals surface area contributed by atoms with Gasteiger partial charge in [-0.25, -0.2) is 0 Å². The number of ketones is 1. The van der Waals surface area contributed by atoms with Crippen molar-refractivity contribution in [2.24, 2.45) is 0 Å². The third-order valence-electron chi connectivity index (χ3n) is 3.86. The van der Waals surface area contributed by atoms with Gasteiger partial charge < -0.3 is 10.1 Å². The Balaban J connectivity index is 2.37. The largest absolute Gasteiger partial charge is 0.393 e. The van der Waals surface area contributed by atoms with E-state index in [-0.39, 0.29) is 17.8 Å². The second kappa shape index (κ2) is 7.33. The average molecular weight is 314 g/mol. The van der Waals surface area contributed by atoms with E-state index in [0.717, 1.165) is 16.8 Å². The second-order valence-electron chi connectivity index (χ2n) is 5.79. The molecule has 0 aliphatic carbocycles. The highest BCUT2D eigenvalue weighted by atomic mass is 16.3. The van der Waals surface area contributed by atoms with Gasteiger partial charge in [0.2, 0.25) is 0 Å². The molecule has 2 aromatic heterocycles. The summed E-state index contributed by atoms with van der Waals surface area (Å²) in [5.74, 6) is -0.0435. The molecular weight excluding hydrogens is 292 g/mol. The molecule has 0 spiro atoms. The number of Topliss-reactive ketones (excluding diaryl/α,β-unsaturated/α-hetero) is 1. The number of aliphatic hydroxyl groups is 1. The van der Waals surface area contributed by atoms with Gasteiger partial charge in [-0.3, -0.25) is 14.6 Å². The van der Waals surface area contributed by atoms with Crippen LogP contribution < -0.4 is 5.56 Å². The fraction of sp³-hybridized carbons (Fsp3) is 0.389. The van der Waals surface area contributed by atoms with Gasteiger partial charge in [-0.1, -0.05) is 6.92 Å². The molecule has 0 saturated heterocycles. The number of aromatic amines is 1. The lowest BCUT2D eigenvalue weighted by Gasteiger charge is -2.09. The number of aromatic nitrogens is 2. The number of nitrogens with one attached hydrogen (secondary N) is 1. The van der Waals surface area contributed by atoms with Crippen molar-refractivity contribution in [3.05, 3.63) is 51.7 Å². The van der Waals surface area contributed by atoms with Gasteiger partial charge in [0.1, 0.15) is 0 Å². The molecule has 5 nitrogen and oxygen atoms in total. The summed E-state index contributed by atoms with van der Waals surface area (Å²) in [5.41, 5.74) is 3.58. The first-order chi connectivity index (χ1) is 10.9. The third kappa shape index (κ3) is 4.13. The Morgan fingerprint density at radius 3 is 2.74 bits per heavy atom. The normalized spacial score (nSPS) is 12.2. The van der Waals surface area contributed by atoms with Crippen molar-refractivity contribution < 1.29 is 9.90 Å². The molecule has 0 aliphatic rings. The number of aliphatic hydroxyl groups excluding tert-OH is 1. The SMILES string of the molecule is CCc1cc(-c2cncc(C(=O)CC[C@@H](C)O)c2)c(C)[nH]c1=O. The Labute approximate surface area is 135 Å². The van der Waals surface area contributed by atoms with E-state index in [1.54, 1.807) is 19.2 Å². The molecule has 0 unspecified atom stereocenters. The molecule has 0 fully saturated rings. The molecule has 2 heterocycles. The zero-order chi connectivity index (χ0) is 17.0. The molecule has 1 atom stereocenters. The van der Waals surface area contributed by atoms with Crippen molar-refractivity contribution in [2.45, 2.75) is 46.1 Å². The van der Waals surface area contributed by atoms with Gasteiger partial charge in [0, 0.05) is 46.8 Å². The molecule has 0 aliphatic heterocycles. The Morgan fingerprint density at radius 1 is 1.35 bits per heavy atom. The standard InChI is InChI=1S/C18H22N2O3/c1-4-13-8-16(12(3)20-18(13)23)14-7-15(10-19-9-14)17(22)6-5-11(2)21/h7-11,21H,4-6H2,1-3H3,(H,20,23)/t11-/m1/s1. The lowest BCUT2D eigenvalue weighted by Crippen LogP contribution is -2.13. The minimum absolute atomic E-state index is 0.0435. The number of carbonyl (C=O) groups excluding carboxylic acids is 1. The molecular formula is C18H22N2O3. The molecule has 2 rings (SSSR count). The predicted octanol–water partition coefficient (Wildman–Crippen LogP) is 2.65. The van der Waals surface area contributed by atoms with Crippen LogP contribution in [-0.4, -0.2) is 27.0 Å². The molecule has 0 bridgehead atoms. The first-order valence-corrected chi connectivity index (χ1v) is 7.81. The molecule has 0 saturated carbocycles. The number of pyridine rings is 2. The van der Waals surface area contributed by atoms with Crippen molar-refractivity contribution in [3.8, 4) is 11.1 Å². The Hall–Kier alpha value is -2.27. The highest BCUT2D eigenvalue weighted by molar-refractivity contribution is 5.96. The summed E-state index contributed by atoms with van der Waals surface area (Å²) < 4.78 is 0. The second-order valence-corrected chi connectivity index (χ2v) is 5.79. The molecule has 122 valence electrons. The number of H-pyrrole nitrogens is 1. The van der Waals surface area contributed by atoms with Gasteiger partial charge in [-0.2, -0.15) is 0 Å². The summed E-state index contributed by atoms with van der Waals surface area (Å²) in [6.45, 7) is 5.42. The summed E-state index contributed by atoms with van der Waals surface area (Å²) in [7, 11) is 0. The van der Waals surface area contributed by atoms with Crippen molar-refractivity contribution in [1.82, 2.24) is 9.97 Å². The molecule has 0 aromatic carbocycles. The Morgan fingerprint density at radius 2 is 2.09 bits per heavy atom. The molecule has 2 aromatic rings. The molecule has 0 radical (unpaired) electrons. The van der Waals surface area contributed by atoms with E-state index in [9.17, 15) is 14.7 Å². The Bertz CT molecular complexity index is 763. The first kappa shape index (κ1) is 17.1. The minimum Gasteiger partial charge on any atom is -0.393 e. The third-order valence-corrected chi connectivity index (χ3v) is 3.86. The zero-order valence-electron chi connectivity index (χ0n) is 13.7. The maximum Gasteiger partial charge on any atom is 0.251 e. The van der Waals surface area contributed by atoms with E-state index in [1.807, 2.05) is 19.9 Å². The monoisotopic (exact) mass is 314 g/mol. The van der Waals surface area contributed by atoms with E-state index in [2.05, 4.69) is 9.97 Å². The summed E-state index contributed by atoms with van der Waals surface area (Å²) in [4.78, 5) is 31.0. The first-order valence-electron chi connectivity index (χ1n) is 7.81. The number of nitrogens with zero attached hydrogens (tertiary/aromatic N) is 1. The van der Waals surface area contributed by atoms with Crippen LogP contribution >= 0.6 is 0 Å². The molecule has 0 amide bonds. The maximum atomic E-state index is 12.2. The van der Waals surface area contributed by atoms with E-state index >= 15 is 0 Å². The van der Waals surface area contributed by atoms with E-state index < -0.39 is 6.10 Å². The van der Waals surface area contributed by atoms with Gasteiger partial charge in [0.15, 0.2) is 5.78 Å². The number of hydrogen-bond acceptors (Lipinski definition) is 4. The lowest BCUT2D eigenvalue weighted by molar-refractivity contribution is 0.0949. The van der Waals surface area contributed by atoms with Crippen LogP contribution in [0.5, 0.6) is 0 Å². The van der Waals surface area contributed by atoms with Gasteiger partial charge in [-0.15, -0.1) is 0 Å². The van der Waals surface area contributed by atoms with Gasteiger partial charge in [0.05, 0.1) is 6.10 Å². The van der Waals surface area contributed by atoms with Crippen LogP contribution in [0.2, 0.25) is 0 Å². The van der Waals surface area contributed by atoms with E-state index in [4.69, 9.17) is 0 Å². The van der Waals surface area contributed by atoms with Crippen LogP contribution in [0.4, 0.5) is 0 Å². The van der Waals surface area contributed by atoms with E-state index in [0.29, 0.717) is 24.0 Å². The van der Waals surface area contributed by atoms with Gasteiger partial charge in [0.25, 0.3) is 5.56 Å². The van der Waals surface area contributed by atoms with Crippen molar-refractivity contribution in [3.63, 3.8) is 0 Å². The highest BCUT2D eigenvalue weighted by Gasteiger charge is 2.12. The number of hydrogen-bond donors (Lipinski definition) is 2. The van der Waals surface area contributed by atoms with Crippen LogP contribution in [0, 0.1) is 6.92 Å². The average Bonchev–Trinajstić information content (AvgIpc) is 2.53. The summed E-state index contributed by atoms with van der Waals surface area (Å²) >= 11 is 0. The maximum absolute atomic E-state index is 12.2. The number of carbonyl (C=O) groups is 1. The van der Waals surface area contributed by atoms with Crippen LogP contribution in [0.25, 0.3) is 11.1 Å². The zero-order valence-corrected chi connectivity index (χ0v) is 13.7. The topological polar surface area (TPSA) is 83.0 Å². The molecule has 2 N–H and O–H groups in total. The van der Waals surface area contributed by atoms with Crippen LogP contribution in [0.15, 0.2) is 29.3 Å².